The average molecular weight is 274 g/mol. The molecule has 1 aromatic carbocycles. The number of hydrogen-bond donors (Lipinski definition) is 3. The van der Waals surface area contributed by atoms with Gasteiger partial charge in [0.15, 0.2) is 5.96 Å². The van der Waals surface area contributed by atoms with E-state index >= 15 is 0 Å². The Morgan fingerprint density at radius 3 is 2.75 bits per heavy atom. The van der Waals surface area contributed by atoms with Gasteiger partial charge in [-0.15, -0.1) is 0 Å². The van der Waals surface area contributed by atoms with Crippen molar-refractivity contribution in [1.29, 1.82) is 5.41 Å². The van der Waals surface area contributed by atoms with Crippen molar-refractivity contribution in [3.05, 3.63) is 30.0 Å². The molecule has 0 aliphatic carbocycles. The molecule has 1 amide bonds. The minimum Gasteiger partial charge on any atom is -0.490 e. The van der Waals surface area contributed by atoms with E-state index in [2.05, 4.69) is 4.98 Å². The van der Waals surface area contributed by atoms with E-state index in [1.54, 1.807) is 6.07 Å². The van der Waals surface area contributed by atoms with Gasteiger partial charge in [-0.3, -0.25) is 15.1 Å². The number of ether oxygens (including phenoxy) is 1. The van der Waals surface area contributed by atoms with Gasteiger partial charge in [0.2, 0.25) is 0 Å². The first-order valence-electron chi connectivity index (χ1n) is 6.30. The monoisotopic (exact) mass is 274 g/mol. The lowest BCUT2D eigenvalue weighted by molar-refractivity contribution is 0.0864. The molecule has 6 nitrogen and oxygen atoms in total. The van der Waals surface area contributed by atoms with Gasteiger partial charge >= 0.3 is 0 Å². The molecule has 20 heavy (non-hydrogen) atoms. The minimum absolute atomic E-state index is 0.0505. The summed E-state index contributed by atoms with van der Waals surface area (Å²) in [6.45, 7) is 3.89. The van der Waals surface area contributed by atoms with E-state index in [1.165, 1.54) is 7.05 Å². The first kappa shape index (κ1) is 13.9. The first-order chi connectivity index (χ1) is 9.40. The number of aromatic amines is 1. The summed E-state index contributed by atoms with van der Waals surface area (Å²) in [5.41, 5.74) is 6.50. The molecule has 2 rings (SSSR count). The Bertz CT molecular complexity index is 660. The van der Waals surface area contributed by atoms with Crippen LogP contribution in [0.15, 0.2) is 24.3 Å². The first-order valence-corrected chi connectivity index (χ1v) is 6.30. The van der Waals surface area contributed by atoms with Crippen LogP contribution in [0.25, 0.3) is 10.9 Å². The predicted octanol–water partition coefficient (Wildman–Crippen LogP) is 1.92. The number of benzene rings is 1. The van der Waals surface area contributed by atoms with E-state index in [0.717, 1.165) is 21.6 Å². The maximum Gasteiger partial charge on any atom is 0.276 e. The van der Waals surface area contributed by atoms with Crippen LogP contribution in [0.1, 0.15) is 24.3 Å². The standard InChI is InChI=1S/C14H18N4O2/c1-8(2)20-12-6-4-5-10-9(12)7-11(17-10)13(19)18(3)14(15)16/h4-8,17H,1-3H3,(H3,15,16). The summed E-state index contributed by atoms with van der Waals surface area (Å²) in [6, 6.07) is 7.31. The molecule has 0 saturated carbocycles. The molecular weight excluding hydrogens is 256 g/mol. The average Bonchev–Trinajstić information content (AvgIpc) is 2.81. The molecule has 106 valence electrons. The zero-order valence-corrected chi connectivity index (χ0v) is 11.7. The number of amides is 1. The number of guanidine groups is 1. The molecule has 0 aliphatic rings. The van der Waals surface area contributed by atoms with Gasteiger partial charge in [-0.1, -0.05) is 6.07 Å². The third-order valence-corrected chi connectivity index (χ3v) is 2.88. The Morgan fingerprint density at radius 1 is 1.45 bits per heavy atom. The quantitative estimate of drug-likeness (QED) is 0.589. The summed E-state index contributed by atoms with van der Waals surface area (Å²) in [5, 5.41) is 8.13. The maximum atomic E-state index is 12.1. The fourth-order valence-corrected chi connectivity index (χ4v) is 1.89. The van der Waals surface area contributed by atoms with Gasteiger partial charge in [-0.25, -0.2) is 0 Å². The predicted molar refractivity (Wildman–Crippen MR) is 78.1 cm³/mol. The molecule has 1 heterocycles. The molecule has 0 atom stereocenters. The molecule has 0 radical (unpaired) electrons. The number of nitrogens with one attached hydrogen (secondary N) is 2. The second-order valence-corrected chi connectivity index (χ2v) is 4.82. The zero-order valence-electron chi connectivity index (χ0n) is 11.7. The molecule has 2 aromatic rings. The van der Waals surface area contributed by atoms with E-state index in [1.807, 2.05) is 32.0 Å². The number of H-pyrrole nitrogens is 1. The number of carbonyl (C=O) groups excluding carboxylic acids is 1. The SMILES string of the molecule is CC(C)Oc1cccc2[nH]c(C(=O)N(C)C(=N)N)cc12. The fraction of sp³-hybridized carbons (Fsp3) is 0.286. The highest BCUT2D eigenvalue weighted by molar-refractivity contribution is 6.06. The smallest absolute Gasteiger partial charge is 0.276 e. The van der Waals surface area contributed by atoms with Crippen molar-refractivity contribution in [2.45, 2.75) is 20.0 Å². The Morgan fingerprint density at radius 2 is 2.15 bits per heavy atom. The van der Waals surface area contributed by atoms with Crippen LogP contribution >= 0.6 is 0 Å². The van der Waals surface area contributed by atoms with E-state index in [0.29, 0.717) is 5.69 Å². The second kappa shape index (κ2) is 5.24. The van der Waals surface area contributed by atoms with Crippen LogP contribution in [-0.4, -0.2) is 34.9 Å². The lowest BCUT2D eigenvalue weighted by Gasteiger charge is -2.12. The molecular formula is C14H18N4O2. The van der Waals surface area contributed by atoms with E-state index in [-0.39, 0.29) is 18.0 Å². The van der Waals surface area contributed by atoms with Gasteiger partial charge < -0.3 is 15.5 Å². The highest BCUT2D eigenvalue weighted by Gasteiger charge is 2.17. The third kappa shape index (κ3) is 2.59. The van der Waals surface area contributed by atoms with E-state index in [4.69, 9.17) is 15.9 Å². The number of aromatic nitrogens is 1. The molecule has 6 heteroatoms. The van der Waals surface area contributed by atoms with Crippen molar-refractivity contribution in [2.24, 2.45) is 5.73 Å². The van der Waals surface area contributed by atoms with Crippen LogP contribution in [0.3, 0.4) is 0 Å². The Kier molecular flexibility index (Phi) is 3.65. The maximum absolute atomic E-state index is 12.1. The molecule has 0 unspecified atom stereocenters. The second-order valence-electron chi connectivity index (χ2n) is 4.82. The summed E-state index contributed by atoms with van der Waals surface area (Å²) >= 11 is 0. The molecule has 4 N–H and O–H groups in total. The Balaban J connectivity index is 2.43. The normalized spacial score (nSPS) is 10.8. The molecule has 0 saturated heterocycles. The summed E-state index contributed by atoms with van der Waals surface area (Å²) in [6.07, 6.45) is 0.0505. The zero-order chi connectivity index (χ0) is 14.9. The third-order valence-electron chi connectivity index (χ3n) is 2.88. The van der Waals surface area contributed by atoms with Crippen LogP contribution in [0.4, 0.5) is 0 Å². The molecule has 0 bridgehead atoms. The van der Waals surface area contributed by atoms with Crippen LogP contribution in [0, 0.1) is 5.41 Å². The molecule has 0 aliphatic heterocycles. The lowest BCUT2D eigenvalue weighted by Crippen LogP contribution is -2.38. The van der Waals surface area contributed by atoms with Crippen LogP contribution in [0.2, 0.25) is 0 Å². The molecule has 0 spiro atoms. The number of carbonyl (C=O) groups is 1. The molecule has 0 fully saturated rings. The van der Waals surface area contributed by atoms with Gasteiger partial charge in [-0.05, 0) is 32.0 Å². The lowest BCUT2D eigenvalue weighted by atomic mass is 10.2. The number of hydrogen-bond acceptors (Lipinski definition) is 3. The minimum atomic E-state index is -0.357. The van der Waals surface area contributed by atoms with Crippen LogP contribution in [-0.2, 0) is 0 Å². The van der Waals surface area contributed by atoms with Gasteiger partial charge in [0.05, 0.1) is 6.10 Å². The van der Waals surface area contributed by atoms with Crippen molar-refractivity contribution < 1.29 is 9.53 Å². The van der Waals surface area contributed by atoms with Crippen LogP contribution in [0.5, 0.6) is 5.75 Å². The number of rotatable bonds is 3. The van der Waals surface area contributed by atoms with Crippen LogP contribution < -0.4 is 10.5 Å². The van der Waals surface area contributed by atoms with Gasteiger partial charge in [0.25, 0.3) is 5.91 Å². The highest BCUT2D eigenvalue weighted by Crippen LogP contribution is 2.27. The summed E-state index contributed by atoms with van der Waals surface area (Å²) in [4.78, 5) is 16.2. The van der Waals surface area contributed by atoms with Crippen molar-refractivity contribution in [3.8, 4) is 5.75 Å². The van der Waals surface area contributed by atoms with E-state index in [9.17, 15) is 4.79 Å². The highest BCUT2D eigenvalue weighted by atomic mass is 16.5. The molecule has 1 aromatic heterocycles. The van der Waals surface area contributed by atoms with E-state index < -0.39 is 0 Å². The number of nitrogens with two attached hydrogens (primary N) is 1. The number of nitrogens with zero attached hydrogens (tertiary/aromatic N) is 1. The van der Waals surface area contributed by atoms with Gasteiger partial charge in [0.1, 0.15) is 11.4 Å². The van der Waals surface area contributed by atoms with Crippen molar-refractivity contribution in [3.63, 3.8) is 0 Å². The fourth-order valence-electron chi connectivity index (χ4n) is 1.89. The Labute approximate surface area is 117 Å². The van der Waals surface area contributed by atoms with Crippen molar-refractivity contribution in [1.82, 2.24) is 9.88 Å². The summed E-state index contributed by atoms with van der Waals surface area (Å²) in [7, 11) is 1.46. The van der Waals surface area contributed by atoms with Crippen molar-refractivity contribution >= 4 is 22.8 Å². The summed E-state index contributed by atoms with van der Waals surface area (Å²) in [5.74, 6) is 0.0646. The van der Waals surface area contributed by atoms with Crippen molar-refractivity contribution in [2.75, 3.05) is 7.05 Å². The largest absolute Gasteiger partial charge is 0.490 e. The van der Waals surface area contributed by atoms with Gasteiger partial charge in [-0.2, -0.15) is 0 Å². The number of fused-ring (bicyclic) bond motifs is 1. The van der Waals surface area contributed by atoms with Gasteiger partial charge in [0, 0.05) is 18.0 Å². The summed E-state index contributed by atoms with van der Waals surface area (Å²) < 4.78 is 5.72. The topological polar surface area (TPSA) is 95.2 Å². The Hall–Kier alpha value is -2.50.